The van der Waals surface area contributed by atoms with E-state index in [1.165, 1.54) is 16.7 Å². The smallest absolute Gasteiger partial charge is 0.143 e. The number of hydrogen-bond acceptors (Lipinski definition) is 5. The Morgan fingerprint density at radius 3 is 2.72 bits per heavy atom. The van der Waals surface area contributed by atoms with E-state index in [1.54, 1.807) is 6.33 Å². The van der Waals surface area contributed by atoms with Gasteiger partial charge in [0.15, 0.2) is 0 Å². The van der Waals surface area contributed by atoms with Crippen molar-refractivity contribution in [2.45, 2.75) is 44.1 Å². The van der Waals surface area contributed by atoms with Gasteiger partial charge in [-0.25, -0.2) is 9.97 Å². The van der Waals surface area contributed by atoms with Gasteiger partial charge in [-0.2, -0.15) is 0 Å². The van der Waals surface area contributed by atoms with Crippen molar-refractivity contribution in [3.63, 3.8) is 0 Å². The number of aromatic nitrogens is 3. The standard InChI is InChI=1S/C27H25N3O2/c1-18-24-12-7-20-14-28-17-29-26(20)27(24,13-21-15-30-32-25(18)21)22-8-10-23(11-9-22)31-16-19-5-3-2-4-6-19/h2-6,8-11,14-15,17-18,24H,7,12-13,16H2,1H3/t18-,24-,27+/m0/s1. The molecule has 3 atom stereocenters. The molecule has 6 rings (SSSR count). The number of aryl methyl sites for hydroxylation is 1. The summed E-state index contributed by atoms with van der Waals surface area (Å²) in [6.45, 7) is 2.83. The maximum absolute atomic E-state index is 6.05. The zero-order valence-electron chi connectivity index (χ0n) is 18.1. The zero-order chi connectivity index (χ0) is 21.5. The Morgan fingerprint density at radius 1 is 1.03 bits per heavy atom. The minimum atomic E-state index is -0.216. The molecule has 0 saturated heterocycles. The third kappa shape index (κ3) is 2.95. The number of rotatable bonds is 4. The number of fused-ring (bicyclic) bond motifs is 4. The molecule has 0 radical (unpaired) electrons. The normalized spacial score (nSPS) is 23.7. The first kappa shape index (κ1) is 19.2. The first-order chi connectivity index (χ1) is 15.8. The van der Waals surface area contributed by atoms with Crippen LogP contribution in [0, 0.1) is 5.92 Å². The lowest BCUT2D eigenvalue weighted by Crippen LogP contribution is -2.48. The summed E-state index contributed by atoms with van der Waals surface area (Å²) < 4.78 is 11.7. The van der Waals surface area contributed by atoms with Gasteiger partial charge in [0.25, 0.3) is 0 Å². The van der Waals surface area contributed by atoms with Crippen molar-refractivity contribution in [2.24, 2.45) is 5.92 Å². The zero-order valence-corrected chi connectivity index (χ0v) is 18.1. The van der Waals surface area contributed by atoms with E-state index < -0.39 is 0 Å². The van der Waals surface area contributed by atoms with E-state index in [0.717, 1.165) is 42.0 Å². The van der Waals surface area contributed by atoms with Crippen molar-refractivity contribution in [1.82, 2.24) is 15.1 Å². The van der Waals surface area contributed by atoms with E-state index in [-0.39, 0.29) is 11.3 Å². The summed E-state index contributed by atoms with van der Waals surface area (Å²) in [7, 11) is 0. The largest absolute Gasteiger partial charge is 0.489 e. The Labute approximate surface area is 187 Å². The third-order valence-corrected chi connectivity index (χ3v) is 7.35. The van der Waals surface area contributed by atoms with Gasteiger partial charge in [0.1, 0.15) is 24.4 Å². The average Bonchev–Trinajstić information content (AvgIpc) is 3.32. The minimum Gasteiger partial charge on any atom is -0.489 e. The van der Waals surface area contributed by atoms with Gasteiger partial charge < -0.3 is 9.26 Å². The Bertz CT molecular complexity index is 1240. The molecule has 5 heteroatoms. The fourth-order valence-electron chi connectivity index (χ4n) is 5.87. The quantitative estimate of drug-likeness (QED) is 0.449. The highest BCUT2D eigenvalue weighted by atomic mass is 16.5. The summed E-state index contributed by atoms with van der Waals surface area (Å²) >= 11 is 0. The van der Waals surface area contributed by atoms with Gasteiger partial charge in [0.2, 0.25) is 0 Å². The Hall–Kier alpha value is -3.47. The number of nitrogens with zero attached hydrogens (tertiary/aromatic N) is 3. The Morgan fingerprint density at radius 2 is 1.88 bits per heavy atom. The second-order valence-corrected chi connectivity index (χ2v) is 8.99. The Kier molecular flexibility index (Phi) is 4.56. The molecule has 0 unspecified atom stereocenters. The van der Waals surface area contributed by atoms with Crippen LogP contribution in [-0.4, -0.2) is 15.1 Å². The molecular weight excluding hydrogens is 398 g/mol. The molecule has 2 aromatic heterocycles. The molecule has 4 aromatic rings. The predicted octanol–water partition coefficient (Wildman–Crippen LogP) is 5.25. The molecule has 5 nitrogen and oxygen atoms in total. The van der Waals surface area contributed by atoms with Crippen LogP contribution in [0.5, 0.6) is 5.75 Å². The molecule has 0 saturated carbocycles. The van der Waals surface area contributed by atoms with Gasteiger partial charge in [-0.3, -0.25) is 0 Å². The second-order valence-electron chi connectivity index (χ2n) is 8.99. The summed E-state index contributed by atoms with van der Waals surface area (Å²) in [6, 6.07) is 18.9. The van der Waals surface area contributed by atoms with Crippen LogP contribution >= 0.6 is 0 Å². The molecule has 0 bridgehead atoms. The van der Waals surface area contributed by atoms with Crippen molar-refractivity contribution < 1.29 is 9.26 Å². The molecule has 0 spiro atoms. The minimum absolute atomic E-state index is 0.216. The lowest BCUT2D eigenvalue weighted by atomic mass is 9.53. The van der Waals surface area contributed by atoms with Crippen LogP contribution in [0.4, 0.5) is 0 Å². The summed E-state index contributed by atoms with van der Waals surface area (Å²) in [5, 5.41) is 4.13. The van der Waals surface area contributed by atoms with Gasteiger partial charge in [-0.1, -0.05) is 54.5 Å². The maximum Gasteiger partial charge on any atom is 0.143 e. The Balaban J connectivity index is 1.40. The molecule has 2 aliphatic rings. The average molecular weight is 424 g/mol. The van der Waals surface area contributed by atoms with Crippen LogP contribution in [0.3, 0.4) is 0 Å². The topological polar surface area (TPSA) is 61.0 Å². The maximum atomic E-state index is 6.05. The first-order valence-corrected chi connectivity index (χ1v) is 11.3. The molecule has 32 heavy (non-hydrogen) atoms. The molecule has 0 aliphatic heterocycles. The van der Waals surface area contributed by atoms with Crippen molar-refractivity contribution in [3.05, 3.63) is 107 Å². The molecule has 0 amide bonds. The van der Waals surface area contributed by atoms with E-state index in [1.807, 2.05) is 30.6 Å². The van der Waals surface area contributed by atoms with Crippen LogP contribution in [0.2, 0.25) is 0 Å². The third-order valence-electron chi connectivity index (χ3n) is 7.35. The molecule has 2 aliphatic carbocycles. The highest BCUT2D eigenvalue weighted by Gasteiger charge is 2.53. The second kappa shape index (κ2) is 7.59. The van der Waals surface area contributed by atoms with Crippen LogP contribution < -0.4 is 4.74 Å². The molecule has 0 fully saturated rings. The van der Waals surface area contributed by atoms with Gasteiger partial charge in [-0.05, 0) is 54.0 Å². The van der Waals surface area contributed by atoms with Gasteiger partial charge in [-0.15, -0.1) is 0 Å². The van der Waals surface area contributed by atoms with E-state index in [9.17, 15) is 0 Å². The number of hydrogen-bond donors (Lipinski definition) is 0. The van der Waals surface area contributed by atoms with Gasteiger partial charge in [0, 0.05) is 23.1 Å². The van der Waals surface area contributed by atoms with E-state index in [0.29, 0.717) is 12.5 Å². The summed E-state index contributed by atoms with van der Waals surface area (Å²) in [6.07, 6.45) is 8.48. The van der Waals surface area contributed by atoms with Crippen molar-refractivity contribution >= 4 is 0 Å². The highest BCUT2D eigenvalue weighted by Crippen LogP contribution is 2.56. The lowest BCUT2D eigenvalue weighted by molar-refractivity contribution is 0.188. The highest BCUT2D eigenvalue weighted by molar-refractivity contribution is 5.49. The molecular formula is C27H25N3O2. The predicted molar refractivity (Wildman–Crippen MR) is 120 cm³/mol. The molecule has 2 aromatic carbocycles. The monoisotopic (exact) mass is 423 g/mol. The number of ether oxygens (including phenoxy) is 1. The fourth-order valence-corrected chi connectivity index (χ4v) is 5.87. The molecule has 0 N–H and O–H groups in total. The molecule has 2 heterocycles. The van der Waals surface area contributed by atoms with Crippen LogP contribution in [0.1, 0.15) is 53.0 Å². The van der Waals surface area contributed by atoms with Crippen molar-refractivity contribution in [1.29, 1.82) is 0 Å². The van der Waals surface area contributed by atoms with Crippen LogP contribution in [0.15, 0.2) is 77.8 Å². The van der Waals surface area contributed by atoms with Crippen LogP contribution in [0.25, 0.3) is 0 Å². The van der Waals surface area contributed by atoms with Gasteiger partial charge in [0.05, 0.1) is 11.9 Å². The van der Waals surface area contributed by atoms with E-state index in [2.05, 4.69) is 53.5 Å². The van der Waals surface area contributed by atoms with Gasteiger partial charge >= 0.3 is 0 Å². The van der Waals surface area contributed by atoms with Crippen molar-refractivity contribution in [2.75, 3.05) is 0 Å². The van der Waals surface area contributed by atoms with Crippen molar-refractivity contribution in [3.8, 4) is 5.75 Å². The summed E-state index contributed by atoms with van der Waals surface area (Å²) in [5.41, 5.74) is 5.80. The number of benzene rings is 2. The summed E-state index contributed by atoms with van der Waals surface area (Å²) in [4.78, 5) is 9.17. The first-order valence-electron chi connectivity index (χ1n) is 11.3. The van der Waals surface area contributed by atoms with E-state index >= 15 is 0 Å². The SMILES string of the molecule is C[C@@H]1c2oncc2C[C@]2(c3ccc(OCc4ccccc4)cc3)c3ncncc3CC[C@@H]12. The summed E-state index contributed by atoms with van der Waals surface area (Å²) in [5.74, 6) is 2.57. The lowest BCUT2D eigenvalue weighted by Gasteiger charge is -2.49. The fraction of sp³-hybridized carbons (Fsp3) is 0.296. The van der Waals surface area contributed by atoms with Crippen LogP contribution in [-0.2, 0) is 24.9 Å². The molecule has 160 valence electrons. The van der Waals surface area contributed by atoms with E-state index in [4.69, 9.17) is 14.2 Å².